The highest BCUT2D eigenvalue weighted by Crippen LogP contribution is 2.36. The molecule has 2 aromatic rings. The molecule has 0 saturated carbocycles. The number of benzene rings is 2. The fourth-order valence-electron chi connectivity index (χ4n) is 2.81. The van der Waals surface area contributed by atoms with Gasteiger partial charge >= 0.3 is 0 Å². The van der Waals surface area contributed by atoms with Crippen LogP contribution in [0.25, 0.3) is 11.1 Å². The number of hydrogen-bond donors (Lipinski definition) is 4. The molecule has 7 N–H and O–H groups in total. The predicted molar refractivity (Wildman–Crippen MR) is 99.5 cm³/mol. The summed E-state index contributed by atoms with van der Waals surface area (Å²) in [6.45, 7) is 1.81. The van der Waals surface area contributed by atoms with E-state index < -0.39 is 0 Å². The van der Waals surface area contributed by atoms with E-state index in [1.54, 1.807) is 18.2 Å². The van der Waals surface area contributed by atoms with Crippen LogP contribution in [-0.4, -0.2) is 10.9 Å². The van der Waals surface area contributed by atoms with Crippen molar-refractivity contribution in [2.45, 2.75) is 39.2 Å². The maximum atomic E-state index is 12.7. The second-order valence-corrected chi connectivity index (χ2v) is 5.94. The van der Waals surface area contributed by atoms with Crippen molar-refractivity contribution in [1.29, 1.82) is 0 Å². The molecule has 0 spiro atoms. The Morgan fingerprint density at radius 3 is 2.33 bits per heavy atom. The summed E-state index contributed by atoms with van der Waals surface area (Å²) < 4.78 is 0. The van der Waals surface area contributed by atoms with Crippen LogP contribution in [0.4, 0.5) is 17.1 Å². The number of aliphatic hydroxyl groups excluding tert-OH is 1. The first-order valence-corrected chi connectivity index (χ1v) is 8.20. The molecule has 5 heteroatoms. The zero-order valence-electron chi connectivity index (χ0n) is 14.0. The Hall–Kier alpha value is -2.53. The van der Waals surface area contributed by atoms with Crippen LogP contribution >= 0.6 is 0 Å². The van der Waals surface area contributed by atoms with Crippen molar-refractivity contribution in [3.8, 4) is 11.1 Å². The molecular formula is C19H25N3O2. The third-order valence-corrected chi connectivity index (χ3v) is 4.17. The number of unbranched alkanes of at least 4 members (excludes halogenated alkanes) is 2. The Labute approximate surface area is 142 Å². The first-order valence-electron chi connectivity index (χ1n) is 8.20. The van der Waals surface area contributed by atoms with E-state index in [0.717, 1.165) is 24.8 Å². The minimum Gasteiger partial charge on any atom is -0.399 e. The first kappa shape index (κ1) is 17.8. The predicted octanol–water partition coefficient (Wildman–Crippen LogP) is 3.36. The normalized spacial score (nSPS) is 10.8. The number of anilines is 3. The molecule has 0 fully saturated rings. The summed E-state index contributed by atoms with van der Waals surface area (Å²) >= 11 is 0. The average molecular weight is 327 g/mol. The van der Waals surface area contributed by atoms with E-state index in [4.69, 9.17) is 17.2 Å². The van der Waals surface area contributed by atoms with Gasteiger partial charge in [0.25, 0.3) is 0 Å². The van der Waals surface area contributed by atoms with E-state index in [-0.39, 0.29) is 12.4 Å². The van der Waals surface area contributed by atoms with Crippen LogP contribution in [0.15, 0.2) is 30.3 Å². The second kappa shape index (κ2) is 7.84. The molecule has 0 heterocycles. The van der Waals surface area contributed by atoms with Crippen molar-refractivity contribution in [3.05, 3.63) is 41.5 Å². The molecule has 0 aliphatic rings. The molecule has 0 aliphatic heterocycles. The van der Waals surface area contributed by atoms with Crippen LogP contribution in [0.1, 0.15) is 48.5 Å². The van der Waals surface area contributed by atoms with Crippen LogP contribution in [0.5, 0.6) is 0 Å². The molecule has 128 valence electrons. The van der Waals surface area contributed by atoms with Crippen molar-refractivity contribution < 1.29 is 9.90 Å². The van der Waals surface area contributed by atoms with Gasteiger partial charge in [-0.1, -0.05) is 31.9 Å². The number of hydrogen-bond acceptors (Lipinski definition) is 5. The number of ketones is 1. The lowest BCUT2D eigenvalue weighted by atomic mass is 9.89. The molecule has 0 saturated heterocycles. The third kappa shape index (κ3) is 3.68. The zero-order valence-corrected chi connectivity index (χ0v) is 14.0. The molecule has 5 nitrogen and oxygen atoms in total. The summed E-state index contributed by atoms with van der Waals surface area (Å²) in [5.41, 5.74) is 21.4. The maximum Gasteiger partial charge on any atom is 0.163 e. The molecule has 0 amide bonds. The monoisotopic (exact) mass is 327 g/mol. The highest BCUT2D eigenvalue weighted by Gasteiger charge is 2.20. The van der Waals surface area contributed by atoms with E-state index >= 15 is 0 Å². The van der Waals surface area contributed by atoms with E-state index in [0.29, 0.717) is 40.2 Å². The lowest BCUT2D eigenvalue weighted by molar-refractivity contribution is 0.0980. The maximum absolute atomic E-state index is 12.7. The van der Waals surface area contributed by atoms with Crippen molar-refractivity contribution >= 4 is 22.8 Å². The molecule has 2 aromatic carbocycles. The zero-order chi connectivity index (χ0) is 17.7. The molecule has 0 atom stereocenters. The smallest absolute Gasteiger partial charge is 0.163 e. The van der Waals surface area contributed by atoms with Gasteiger partial charge in [0.05, 0.1) is 18.0 Å². The fourth-order valence-corrected chi connectivity index (χ4v) is 2.81. The average Bonchev–Trinajstić information content (AvgIpc) is 2.57. The van der Waals surface area contributed by atoms with Crippen molar-refractivity contribution in [1.82, 2.24) is 0 Å². The summed E-state index contributed by atoms with van der Waals surface area (Å²) in [5, 5.41) is 9.79. The molecule has 0 radical (unpaired) electrons. The number of rotatable bonds is 7. The van der Waals surface area contributed by atoms with Crippen LogP contribution in [0, 0.1) is 0 Å². The number of carbonyl (C=O) groups is 1. The summed E-state index contributed by atoms with van der Waals surface area (Å²) in [6.07, 6.45) is 3.32. The van der Waals surface area contributed by atoms with Gasteiger partial charge in [-0.15, -0.1) is 0 Å². The summed E-state index contributed by atoms with van der Waals surface area (Å²) in [7, 11) is 0. The number of nitrogens with two attached hydrogens (primary N) is 3. The number of nitrogen functional groups attached to an aromatic ring is 3. The van der Waals surface area contributed by atoms with Gasteiger partial charge in [-0.25, -0.2) is 0 Å². The molecule has 24 heavy (non-hydrogen) atoms. The number of carbonyl (C=O) groups excluding carboxylic acids is 1. The summed E-state index contributed by atoms with van der Waals surface area (Å²) in [4.78, 5) is 12.7. The van der Waals surface area contributed by atoms with Crippen LogP contribution < -0.4 is 17.2 Å². The lowest BCUT2D eigenvalue weighted by Crippen LogP contribution is -2.10. The van der Waals surface area contributed by atoms with Crippen LogP contribution in [-0.2, 0) is 6.61 Å². The third-order valence-electron chi connectivity index (χ3n) is 4.17. The molecule has 0 aliphatic carbocycles. The van der Waals surface area contributed by atoms with E-state index in [2.05, 4.69) is 6.92 Å². The van der Waals surface area contributed by atoms with E-state index in [1.807, 2.05) is 12.1 Å². The van der Waals surface area contributed by atoms with Crippen molar-refractivity contribution in [3.63, 3.8) is 0 Å². The number of aliphatic hydroxyl groups is 1. The minimum atomic E-state index is -0.286. The second-order valence-electron chi connectivity index (χ2n) is 5.94. The van der Waals surface area contributed by atoms with Gasteiger partial charge in [-0.05, 0) is 30.2 Å². The standard InChI is InChI=1S/C19H25N3O2/c1-2-3-4-5-17(24)14-10-16(21)19(22)15(11-23)18(14)12-6-8-13(20)9-7-12/h6-10,23H,2-5,11,20-22H2,1H3. The van der Waals surface area contributed by atoms with Gasteiger partial charge in [-0.3, -0.25) is 4.79 Å². The molecule has 0 aromatic heterocycles. The Morgan fingerprint density at radius 1 is 1.08 bits per heavy atom. The van der Waals surface area contributed by atoms with Crippen LogP contribution in [0.2, 0.25) is 0 Å². The topological polar surface area (TPSA) is 115 Å². The Kier molecular flexibility index (Phi) is 5.82. The molecule has 0 bridgehead atoms. The molecule has 2 rings (SSSR count). The molecule has 0 unspecified atom stereocenters. The largest absolute Gasteiger partial charge is 0.399 e. The van der Waals surface area contributed by atoms with Gasteiger partial charge < -0.3 is 22.3 Å². The van der Waals surface area contributed by atoms with Gasteiger partial charge in [0.1, 0.15) is 0 Å². The quantitative estimate of drug-likeness (QED) is 0.353. The van der Waals surface area contributed by atoms with E-state index in [1.165, 1.54) is 0 Å². The fraction of sp³-hybridized carbons (Fsp3) is 0.316. The number of Topliss-reactive ketones (excluding diaryl/α,β-unsaturated/α-hetero) is 1. The van der Waals surface area contributed by atoms with Crippen molar-refractivity contribution in [2.24, 2.45) is 0 Å². The first-order chi connectivity index (χ1) is 11.5. The minimum absolute atomic E-state index is 0.0108. The summed E-state index contributed by atoms with van der Waals surface area (Å²) in [5.74, 6) is 0.0108. The van der Waals surface area contributed by atoms with E-state index in [9.17, 15) is 9.90 Å². The SMILES string of the molecule is CCCCCC(=O)c1cc(N)c(N)c(CO)c1-c1ccc(N)cc1. The Bertz CT molecular complexity index is 724. The lowest BCUT2D eigenvalue weighted by Gasteiger charge is -2.18. The van der Waals surface area contributed by atoms with Gasteiger partial charge in [0.2, 0.25) is 0 Å². The molecular weight excluding hydrogens is 302 g/mol. The van der Waals surface area contributed by atoms with Gasteiger partial charge in [0.15, 0.2) is 5.78 Å². The highest BCUT2D eigenvalue weighted by molar-refractivity contribution is 6.05. The highest BCUT2D eigenvalue weighted by atomic mass is 16.3. The Morgan fingerprint density at radius 2 is 1.75 bits per heavy atom. The van der Waals surface area contributed by atoms with Crippen LogP contribution in [0.3, 0.4) is 0 Å². The summed E-state index contributed by atoms with van der Waals surface area (Å²) in [6, 6.07) is 8.78. The van der Waals surface area contributed by atoms with Gasteiger partial charge in [-0.2, -0.15) is 0 Å². The van der Waals surface area contributed by atoms with Gasteiger partial charge in [0, 0.05) is 28.8 Å². The van der Waals surface area contributed by atoms with Crippen molar-refractivity contribution in [2.75, 3.05) is 17.2 Å². The Balaban J connectivity index is 2.58.